The molecule has 0 unspecified atom stereocenters. The van der Waals surface area contributed by atoms with Crippen molar-refractivity contribution in [1.29, 1.82) is 0 Å². The minimum atomic E-state index is -3.65. The fraction of sp³-hybridized carbons (Fsp3) is 0.167. The molecule has 2 rings (SSSR count). The fourth-order valence-corrected chi connectivity index (χ4v) is 2.84. The highest BCUT2D eigenvalue weighted by atomic mass is 32.2. The molecule has 3 nitrogen and oxygen atoms in total. The third-order valence-electron chi connectivity index (χ3n) is 2.27. The highest BCUT2D eigenvalue weighted by molar-refractivity contribution is 7.86. The number of hydrogen-bond acceptors (Lipinski definition) is 4. The van der Waals surface area contributed by atoms with Crippen molar-refractivity contribution in [3.8, 4) is 0 Å². The van der Waals surface area contributed by atoms with E-state index in [-0.39, 0.29) is 11.5 Å². The van der Waals surface area contributed by atoms with Gasteiger partial charge in [-0.1, -0.05) is 17.7 Å². The van der Waals surface area contributed by atoms with Crippen LogP contribution in [0.2, 0.25) is 0 Å². The van der Waals surface area contributed by atoms with E-state index in [1.165, 1.54) is 11.3 Å². The van der Waals surface area contributed by atoms with Crippen LogP contribution < -0.4 is 0 Å². The molecule has 0 radical (unpaired) electrons. The second kappa shape index (κ2) is 5.00. The smallest absolute Gasteiger partial charge is 0.262 e. The molecule has 0 fully saturated rings. The van der Waals surface area contributed by atoms with Crippen LogP contribution in [0.1, 0.15) is 11.1 Å². The van der Waals surface area contributed by atoms with Gasteiger partial charge in [0.1, 0.15) is 0 Å². The normalized spacial score (nSPS) is 11.6. The first kappa shape index (κ1) is 12.3. The van der Waals surface area contributed by atoms with Gasteiger partial charge in [0.05, 0.1) is 11.5 Å². The molecule has 0 saturated carbocycles. The first-order valence-corrected chi connectivity index (χ1v) is 7.40. The maximum Gasteiger partial charge on any atom is 0.297 e. The zero-order valence-corrected chi connectivity index (χ0v) is 10.9. The lowest BCUT2D eigenvalue weighted by Crippen LogP contribution is -2.06. The van der Waals surface area contributed by atoms with Gasteiger partial charge >= 0.3 is 0 Å². The molecule has 0 N–H and O–H groups in total. The van der Waals surface area contributed by atoms with E-state index in [2.05, 4.69) is 0 Å². The lowest BCUT2D eigenvalue weighted by atomic mass is 10.2. The van der Waals surface area contributed by atoms with Gasteiger partial charge in [-0.15, -0.1) is 0 Å². The van der Waals surface area contributed by atoms with E-state index in [0.29, 0.717) is 0 Å². The van der Waals surface area contributed by atoms with Gasteiger partial charge in [0.15, 0.2) is 0 Å². The van der Waals surface area contributed by atoms with Crippen LogP contribution in [-0.2, 0) is 20.9 Å². The Bertz CT molecular complexity index is 569. The van der Waals surface area contributed by atoms with Gasteiger partial charge < -0.3 is 0 Å². The second-order valence-electron chi connectivity index (χ2n) is 3.66. The topological polar surface area (TPSA) is 43.4 Å². The van der Waals surface area contributed by atoms with E-state index in [1.54, 1.807) is 24.3 Å². The lowest BCUT2D eigenvalue weighted by molar-refractivity contribution is 0.308. The summed E-state index contributed by atoms with van der Waals surface area (Å²) < 4.78 is 28.6. The van der Waals surface area contributed by atoms with Crippen molar-refractivity contribution in [3.05, 3.63) is 52.2 Å². The van der Waals surface area contributed by atoms with Gasteiger partial charge in [-0.2, -0.15) is 19.8 Å². The monoisotopic (exact) mass is 268 g/mol. The zero-order chi connectivity index (χ0) is 12.3. The molecule has 0 aliphatic heterocycles. The Balaban J connectivity index is 2.11. The molecular weight excluding hydrogens is 256 g/mol. The van der Waals surface area contributed by atoms with Crippen molar-refractivity contribution in [2.24, 2.45) is 0 Å². The van der Waals surface area contributed by atoms with E-state index < -0.39 is 10.1 Å². The number of hydrogen-bond donors (Lipinski definition) is 0. The van der Waals surface area contributed by atoms with Crippen LogP contribution in [0.4, 0.5) is 0 Å². The molecule has 5 heteroatoms. The lowest BCUT2D eigenvalue weighted by Gasteiger charge is -2.04. The maximum absolute atomic E-state index is 11.8. The molecule has 0 aliphatic rings. The summed E-state index contributed by atoms with van der Waals surface area (Å²) in [6, 6.07) is 8.45. The van der Waals surface area contributed by atoms with Gasteiger partial charge in [0.2, 0.25) is 0 Å². The molecule has 0 amide bonds. The van der Waals surface area contributed by atoms with Crippen LogP contribution in [0.15, 0.2) is 46.0 Å². The molecule has 0 bridgehead atoms. The van der Waals surface area contributed by atoms with Gasteiger partial charge in [0, 0.05) is 0 Å². The Morgan fingerprint density at radius 1 is 1.18 bits per heavy atom. The van der Waals surface area contributed by atoms with Crippen LogP contribution in [0.3, 0.4) is 0 Å². The summed E-state index contributed by atoms with van der Waals surface area (Å²) in [5.74, 6) is 0. The molecule has 17 heavy (non-hydrogen) atoms. The Hall–Kier alpha value is -1.17. The Morgan fingerprint density at radius 2 is 1.88 bits per heavy atom. The average Bonchev–Trinajstić information content (AvgIpc) is 2.80. The molecule has 1 heterocycles. The van der Waals surface area contributed by atoms with Crippen molar-refractivity contribution in [2.75, 3.05) is 0 Å². The fourth-order valence-electron chi connectivity index (χ4n) is 1.29. The van der Waals surface area contributed by atoms with Crippen LogP contribution in [0, 0.1) is 6.92 Å². The minimum absolute atomic E-state index is 0.0830. The summed E-state index contributed by atoms with van der Waals surface area (Å²) in [7, 11) is -3.65. The van der Waals surface area contributed by atoms with Gasteiger partial charge in [0.25, 0.3) is 10.1 Å². The zero-order valence-electron chi connectivity index (χ0n) is 9.29. The summed E-state index contributed by atoms with van der Waals surface area (Å²) in [5.41, 5.74) is 1.88. The third-order valence-corrected chi connectivity index (χ3v) is 4.28. The van der Waals surface area contributed by atoms with Gasteiger partial charge in [-0.25, -0.2) is 0 Å². The maximum atomic E-state index is 11.8. The van der Waals surface area contributed by atoms with Crippen molar-refractivity contribution >= 4 is 21.5 Å². The van der Waals surface area contributed by atoms with Crippen LogP contribution in [0.25, 0.3) is 0 Å². The van der Waals surface area contributed by atoms with Crippen LogP contribution >= 0.6 is 11.3 Å². The minimum Gasteiger partial charge on any atom is -0.262 e. The van der Waals surface area contributed by atoms with E-state index in [9.17, 15) is 8.42 Å². The standard InChI is InChI=1S/C12H12O3S2/c1-10-2-4-12(5-3-10)17(13,14)15-8-11-6-7-16-9-11/h2-7,9H,8H2,1H3. The van der Waals surface area contributed by atoms with Gasteiger partial charge in [-0.05, 0) is 41.4 Å². The summed E-state index contributed by atoms with van der Waals surface area (Å²) in [4.78, 5) is 0.193. The van der Waals surface area contributed by atoms with Crippen molar-refractivity contribution < 1.29 is 12.6 Å². The molecular formula is C12H12O3S2. The third kappa shape index (κ3) is 3.15. The SMILES string of the molecule is Cc1ccc(S(=O)(=O)OCc2ccsc2)cc1. The number of thiophene rings is 1. The number of aryl methyl sites for hydroxylation is 1. The molecule has 90 valence electrons. The van der Waals surface area contributed by atoms with Crippen molar-refractivity contribution in [1.82, 2.24) is 0 Å². The predicted molar refractivity (Wildman–Crippen MR) is 67.5 cm³/mol. The predicted octanol–water partition coefficient (Wildman–Crippen LogP) is 2.96. The molecule has 1 aromatic heterocycles. The molecule has 0 atom stereocenters. The number of benzene rings is 1. The van der Waals surface area contributed by atoms with E-state index in [1.807, 2.05) is 23.8 Å². The Morgan fingerprint density at radius 3 is 2.47 bits per heavy atom. The van der Waals surface area contributed by atoms with Crippen molar-refractivity contribution in [2.45, 2.75) is 18.4 Å². The average molecular weight is 268 g/mol. The molecule has 0 spiro atoms. The highest BCUT2D eigenvalue weighted by Gasteiger charge is 2.14. The van der Waals surface area contributed by atoms with Crippen LogP contribution in [-0.4, -0.2) is 8.42 Å². The Labute approximate surface area is 105 Å². The molecule has 0 aliphatic carbocycles. The first-order valence-electron chi connectivity index (χ1n) is 5.05. The first-order chi connectivity index (χ1) is 8.08. The summed E-state index contributed by atoms with van der Waals surface area (Å²) >= 11 is 1.51. The van der Waals surface area contributed by atoms with Gasteiger partial charge in [-0.3, -0.25) is 4.18 Å². The summed E-state index contributed by atoms with van der Waals surface area (Å²) in [6.07, 6.45) is 0. The summed E-state index contributed by atoms with van der Waals surface area (Å²) in [5, 5.41) is 3.75. The second-order valence-corrected chi connectivity index (χ2v) is 6.06. The quantitative estimate of drug-likeness (QED) is 0.801. The van der Waals surface area contributed by atoms with Crippen LogP contribution in [0.5, 0.6) is 0 Å². The molecule has 0 saturated heterocycles. The van der Waals surface area contributed by atoms with E-state index in [4.69, 9.17) is 4.18 Å². The molecule has 1 aromatic carbocycles. The van der Waals surface area contributed by atoms with E-state index in [0.717, 1.165) is 11.1 Å². The molecule has 2 aromatic rings. The van der Waals surface area contributed by atoms with E-state index >= 15 is 0 Å². The van der Waals surface area contributed by atoms with Crippen molar-refractivity contribution in [3.63, 3.8) is 0 Å². The largest absolute Gasteiger partial charge is 0.297 e. The summed E-state index contributed by atoms with van der Waals surface area (Å²) in [6.45, 7) is 1.99. The highest BCUT2D eigenvalue weighted by Crippen LogP contribution is 2.16. The number of rotatable bonds is 4. The Kier molecular flexibility index (Phi) is 3.61.